The Bertz CT molecular complexity index is 664. The van der Waals surface area contributed by atoms with Crippen LogP contribution in [0, 0.1) is 0 Å². The second kappa shape index (κ2) is 5.99. The van der Waals surface area contributed by atoms with Crippen molar-refractivity contribution in [2.45, 2.75) is 24.9 Å². The van der Waals surface area contributed by atoms with E-state index in [-0.39, 0.29) is 11.4 Å². The van der Waals surface area contributed by atoms with Gasteiger partial charge in [0.05, 0.1) is 11.4 Å². The lowest BCUT2D eigenvalue weighted by Crippen LogP contribution is -2.25. The molecule has 0 saturated heterocycles. The molecular weight excluding hydrogens is 280 g/mol. The standard InChI is InChI=1S/C11H16N6O2S/c1-2-17-8-13-16-11(17)7-14-20(18,19)10-5-3-9(15-12)4-6-10/h3-6,8,14-15H,2,7,12H2,1H3. The topological polar surface area (TPSA) is 115 Å². The average molecular weight is 296 g/mol. The maximum Gasteiger partial charge on any atom is 0.240 e. The Balaban J connectivity index is 2.10. The van der Waals surface area contributed by atoms with E-state index in [1.54, 1.807) is 23.0 Å². The molecule has 0 saturated carbocycles. The fourth-order valence-corrected chi connectivity index (χ4v) is 2.63. The third-order valence-electron chi connectivity index (χ3n) is 2.79. The van der Waals surface area contributed by atoms with Crippen LogP contribution in [0.25, 0.3) is 0 Å². The monoisotopic (exact) mass is 296 g/mol. The lowest BCUT2D eigenvalue weighted by Gasteiger charge is -2.08. The number of rotatable bonds is 6. The summed E-state index contributed by atoms with van der Waals surface area (Å²) < 4.78 is 28.5. The maximum absolute atomic E-state index is 12.1. The summed E-state index contributed by atoms with van der Waals surface area (Å²) >= 11 is 0. The average Bonchev–Trinajstić information content (AvgIpc) is 2.93. The Kier molecular flexibility index (Phi) is 4.32. The van der Waals surface area contributed by atoms with Crippen molar-refractivity contribution in [1.29, 1.82) is 0 Å². The molecule has 0 radical (unpaired) electrons. The van der Waals surface area contributed by atoms with Crippen molar-refractivity contribution < 1.29 is 8.42 Å². The first-order chi connectivity index (χ1) is 9.56. The lowest BCUT2D eigenvalue weighted by atomic mass is 10.3. The van der Waals surface area contributed by atoms with Gasteiger partial charge in [-0.15, -0.1) is 10.2 Å². The van der Waals surface area contributed by atoms with Gasteiger partial charge < -0.3 is 9.99 Å². The van der Waals surface area contributed by atoms with Crippen molar-refractivity contribution in [1.82, 2.24) is 19.5 Å². The molecule has 8 nitrogen and oxygen atoms in total. The third kappa shape index (κ3) is 3.13. The van der Waals surface area contributed by atoms with Gasteiger partial charge >= 0.3 is 0 Å². The molecule has 0 aliphatic rings. The molecule has 2 rings (SSSR count). The van der Waals surface area contributed by atoms with E-state index in [1.165, 1.54) is 12.1 Å². The van der Waals surface area contributed by atoms with E-state index < -0.39 is 10.0 Å². The molecule has 0 fully saturated rings. The summed E-state index contributed by atoms with van der Waals surface area (Å²) in [5.41, 5.74) is 3.07. The van der Waals surface area contributed by atoms with Gasteiger partial charge in [-0.3, -0.25) is 5.84 Å². The Hall–Kier alpha value is -1.97. The van der Waals surface area contributed by atoms with Gasteiger partial charge in [0.1, 0.15) is 12.2 Å². The summed E-state index contributed by atoms with van der Waals surface area (Å²) in [6.45, 7) is 2.70. The number of aryl methyl sites for hydroxylation is 1. The van der Waals surface area contributed by atoms with Crippen LogP contribution in [0.1, 0.15) is 12.7 Å². The van der Waals surface area contributed by atoms with E-state index >= 15 is 0 Å². The van der Waals surface area contributed by atoms with Crippen molar-refractivity contribution in [3.63, 3.8) is 0 Å². The highest BCUT2D eigenvalue weighted by Crippen LogP contribution is 2.13. The molecule has 0 atom stereocenters. The van der Waals surface area contributed by atoms with Crippen LogP contribution in [0.3, 0.4) is 0 Å². The SMILES string of the molecule is CCn1cnnc1CNS(=O)(=O)c1ccc(NN)cc1. The van der Waals surface area contributed by atoms with Crippen molar-refractivity contribution >= 4 is 15.7 Å². The van der Waals surface area contributed by atoms with Crippen LogP contribution < -0.4 is 16.0 Å². The second-order valence-corrected chi connectivity index (χ2v) is 5.79. The second-order valence-electron chi connectivity index (χ2n) is 4.03. The van der Waals surface area contributed by atoms with Crippen LogP contribution in [0.4, 0.5) is 5.69 Å². The third-order valence-corrected chi connectivity index (χ3v) is 4.21. The molecule has 9 heteroatoms. The zero-order valence-corrected chi connectivity index (χ0v) is 11.8. The van der Waals surface area contributed by atoms with Crippen LogP contribution in [0.2, 0.25) is 0 Å². The zero-order valence-electron chi connectivity index (χ0n) is 10.9. The number of nitrogen functional groups attached to an aromatic ring is 1. The maximum atomic E-state index is 12.1. The Labute approximate surface area is 117 Å². The number of hydrogen-bond donors (Lipinski definition) is 3. The predicted octanol–water partition coefficient (Wildman–Crippen LogP) is 0.0621. The number of anilines is 1. The minimum absolute atomic E-state index is 0.0903. The van der Waals surface area contributed by atoms with Gasteiger partial charge in [0.2, 0.25) is 10.0 Å². The highest BCUT2D eigenvalue weighted by molar-refractivity contribution is 7.89. The van der Waals surface area contributed by atoms with Crippen LogP contribution in [0.5, 0.6) is 0 Å². The number of nitrogens with two attached hydrogens (primary N) is 1. The number of hydrazine groups is 1. The minimum Gasteiger partial charge on any atom is -0.324 e. The van der Waals surface area contributed by atoms with Crippen LogP contribution in [0.15, 0.2) is 35.5 Å². The van der Waals surface area contributed by atoms with Crippen molar-refractivity contribution in [2.75, 3.05) is 5.43 Å². The number of benzene rings is 1. The zero-order chi connectivity index (χ0) is 14.6. The summed E-state index contributed by atoms with van der Waals surface area (Å²) in [7, 11) is -3.59. The van der Waals surface area contributed by atoms with Gasteiger partial charge in [-0.2, -0.15) is 0 Å². The summed E-state index contributed by atoms with van der Waals surface area (Å²) in [5.74, 6) is 5.80. The first-order valence-electron chi connectivity index (χ1n) is 6.00. The van der Waals surface area contributed by atoms with Gasteiger partial charge in [0.25, 0.3) is 0 Å². The van der Waals surface area contributed by atoms with E-state index in [2.05, 4.69) is 20.3 Å². The largest absolute Gasteiger partial charge is 0.324 e. The number of hydrogen-bond acceptors (Lipinski definition) is 6. The van der Waals surface area contributed by atoms with E-state index in [0.29, 0.717) is 18.1 Å². The van der Waals surface area contributed by atoms with Gasteiger partial charge in [0.15, 0.2) is 0 Å². The fourth-order valence-electron chi connectivity index (χ4n) is 1.65. The molecule has 4 N–H and O–H groups in total. The molecule has 1 heterocycles. The quantitative estimate of drug-likeness (QED) is 0.513. The summed E-state index contributed by atoms with van der Waals surface area (Å²) in [5, 5.41) is 7.62. The smallest absolute Gasteiger partial charge is 0.240 e. The molecule has 2 aromatic rings. The Morgan fingerprint density at radius 3 is 2.60 bits per heavy atom. The van der Waals surface area contributed by atoms with Crippen LogP contribution in [-0.4, -0.2) is 23.2 Å². The molecule has 0 unspecified atom stereocenters. The molecule has 0 spiro atoms. The molecule has 0 bridgehead atoms. The first kappa shape index (κ1) is 14.4. The first-order valence-corrected chi connectivity index (χ1v) is 7.48. The fraction of sp³-hybridized carbons (Fsp3) is 0.273. The molecular formula is C11H16N6O2S. The van der Waals surface area contributed by atoms with E-state index in [4.69, 9.17) is 5.84 Å². The number of aromatic nitrogens is 3. The van der Waals surface area contributed by atoms with Crippen molar-refractivity contribution in [3.05, 3.63) is 36.4 Å². The molecule has 1 aromatic heterocycles. The Morgan fingerprint density at radius 2 is 2.00 bits per heavy atom. The van der Waals surface area contributed by atoms with Gasteiger partial charge in [0, 0.05) is 12.2 Å². The van der Waals surface area contributed by atoms with Gasteiger partial charge in [-0.25, -0.2) is 13.1 Å². The highest BCUT2D eigenvalue weighted by Gasteiger charge is 2.15. The van der Waals surface area contributed by atoms with Crippen LogP contribution >= 0.6 is 0 Å². The van der Waals surface area contributed by atoms with E-state index in [0.717, 1.165) is 0 Å². The van der Waals surface area contributed by atoms with Crippen molar-refractivity contribution in [2.24, 2.45) is 5.84 Å². The number of nitrogens with one attached hydrogen (secondary N) is 2. The lowest BCUT2D eigenvalue weighted by molar-refractivity contribution is 0.575. The van der Waals surface area contributed by atoms with Gasteiger partial charge in [-0.1, -0.05) is 0 Å². The number of nitrogens with zero attached hydrogens (tertiary/aromatic N) is 3. The molecule has 20 heavy (non-hydrogen) atoms. The molecule has 0 amide bonds. The Morgan fingerprint density at radius 1 is 1.30 bits per heavy atom. The predicted molar refractivity (Wildman–Crippen MR) is 74.0 cm³/mol. The molecule has 1 aromatic carbocycles. The highest BCUT2D eigenvalue weighted by atomic mass is 32.2. The van der Waals surface area contributed by atoms with Crippen LogP contribution in [-0.2, 0) is 23.1 Å². The summed E-state index contributed by atoms with van der Waals surface area (Å²) in [6, 6.07) is 6.12. The van der Waals surface area contributed by atoms with E-state index in [9.17, 15) is 8.42 Å². The van der Waals surface area contributed by atoms with Crippen molar-refractivity contribution in [3.8, 4) is 0 Å². The molecule has 0 aliphatic carbocycles. The number of sulfonamides is 1. The molecule has 108 valence electrons. The van der Waals surface area contributed by atoms with Gasteiger partial charge in [-0.05, 0) is 31.2 Å². The molecule has 0 aliphatic heterocycles. The summed E-state index contributed by atoms with van der Waals surface area (Å²) in [6.07, 6.45) is 1.56. The minimum atomic E-state index is -3.59. The normalized spacial score (nSPS) is 11.5. The summed E-state index contributed by atoms with van der Waals surface area (Å²) in [4.78, 5) is 0.166. The van der Waals surface area contributed by atoms with E-state index in [1.807, 2.05) is 6.92 Å².